The minimum atomic E-state index is 0.298. The van der Waals surface area contributed by atoms with Crippen molar-refractivity contribution in [3.05, 3.63) is 53.6 Å². The van der Waals surface area contributed by atoms with E-state index in [1.165, 1.54) is 21.6 Å². The molecule has 0 fully saturated rings. The van der Waals surface area contributed by atoms with Crippen LogP contribution < -0.4 is 0 Å². The van der Waals surface area contributed by atoms with Gasteiger partial charge < -0.3 is 5.11 Å². The second kappa shape index (κ2) is 5.53. The van der Waals surface area contributed by atoms with Gasteiger partial charge in [0.15, 0.2) is 0 Å². The van der Waals surface area contributed by atoms with Gasteiger partial charge in [-0.15, -0.1) is 0 Å². The predicted molar refractivity (Wildman–Crippen MR) is 71.3 cm³/mol. The van der Waals surface area contributed by atoms with Crippen molar-refractivity contribution in [3.63, 3.8) is 0 Å². The van der Waals surface area contributed by atoms with Crippen LogP contribution in [0.4, 0.5) is 0 Å². The fourth-order valence-electron chi connectivity index (χ4n) is 1.13. The summed E-state index contributed by atoms with van der Waals surface area (Å²) < 4.78 is 0. The van der Waals surface area contributed by atoms with E-state index in [1.54, 1.807) is 12.1 Å². The largest absolute Gasteiger partial charge is 0.507 e. The number of halogens is 1. The molecule has 0 aliphatic rings. The highest BCUT2D eigenvalue weighted by molar-refractivity contribution is 8.76. The van der Waals surface area contributed by atoms with Gasteiger partial charge in [0, 0.05) is 4.90 Å². The van der Waals surface area contributed by atoms with Gasteiger partial charge in [-0.2, -0.15) is 0 Å². The molecule has 82 valence electrons. The molecule has 0 amide bonds. The number of hydrogen-bond acceptors (Lipinski definition) is 3. The number of phenolic OH excluding ortho intramolecular Hbond substituents is 1. The molecule has 2 rings (SSSR count). The Morgan fingerprint density at radius 1 is 0.812 bits per heavy atom. The van der Waals surface area contributed by atoms with E-state index in [-0.39, 0.29) is 0 Å². The molecule has 1 N–H and O–H groups in total. The summed E-state index contributed by atoms with van der Waals surface area (Å²) >= 11 is 6.03. The third kappa shape index (κ3) is 2.88. The van der Waals surface area contributed by atoms with Gasteiger partial charge in [0.1, 0.15) is 5.75 Å². The van der Waals surface area contributed by atoms with Crippen LogP contribution in [0.25, 0.3) is 0 Å². The van der Waals surface area contributed by atoms with E-state index < -0.39 is 0 Å². The molecule has 4 heteroatoms. The Bertz CT molecular complexity index is 442. The van der Waals surface area contributed by atoms with Gasteiger partial charge in [0.2, 0.25) is 0 Å². The van der Waals surface area contributed by atoms with Crippen LogP contribution in [-0.2, 0) is 0 Å². The van der Waals surface area contributed by atoms with Gasteiger partial charge >= 0.3 is 0 Å². The molecule has 0 aromatic heterocycles. The lowest BCUT2D eigenvalue weighted by molar-refractivity contribution is 0.462. The first-order valence-corrected chi connectivity index (χ1v) is 7.17. The van der Waals surface area contributed by atoms with E-state index >= 15 is 0 Å². The third-order valence-corrected chi connectivity index (χ3v) is 4.84. The minimum Gasteiger partial charge on any atom is -0.507 e. The second-order valence-electron chi connectivity index (χ2n) is 3.06. The molecule has 0 saturated heterocycles. The lowest BCUT2D eigenvalue weighted by atomic mass is 10.3. The van der Waals surface area contributed by atoms with Crippen LogP contribution in [0.2, 0.25) is 5.02 Å². The molecule has 0 saturated carbocycles. The zero-order valence-corrected chi connectivity index (χ0v) is 10.6. The van der Waals surface area contributed by atoms with E-state index in [4.69, 9.17) is 11.6 Å². The van der Waals surface area contributed by atoms with Crippen molar-refractivity contribution < 1.29 is 5.11 Å². The van der Waals surface area contributed by atoms with Crippen LogP contribution in [0.3, 0.4) is 0 Å². The van der Waals surface area contributed by atoms with E-state index in [0.717, 1.165) is 14.8 Å². The summed E-state index contributed by atoms with van der Waals surface area (Å²) in [5.41, 5.74) is 0. The Morgan fingerprint density at radius 2 is 1.38 bits per heavy atom. The average molecular weight is 269 g/mol. The summed E-state index contributed by atoms with van der Waals surface area (Å²) in [6, 6.07) is 14.9. The topological polar surface area (TPSA) is 20.2 Å². The Labute approximate surface area is 107 Å². The molecule has 0 spiro atoms. The molecule has 0 radical (unpaired) electrons. The number of aromatic hydroxyl groups is 1. The van der Waals surface area contributed by atoms with Gasteiger partial charge in [-0.05, 0) is 35.1 Å². The Hall–Kier alpha value is -0.770. The Morgan fingerprint density at radius 3 is 2.06 bits per heavy atom. The zero-order chi connectivity index (χ0) is 11.4. The zero-order valence-electron chi connectivity index (χ0n) is 8.26. The summed E-state index contributed by atoms with van der Waals surface area (Å²) in [4.78, 5) is 1.84. The van der Waals surface area contributed by atoms with E-state index in [9.17, 15) is 5.11 Å². The molecule has 0 heterocycles. The SMILES string of the molecule is Oc1ccccc1SSc1ccccc1Cl. The molecule has 0 bridgehead atoms. The highest BCUT2D eigenvalue weighted by Gasteiger charge is 2.04. The quantitative estimate of drug-likeness (QED) is 0.804. The van der Waals surface area contributed by atoms with Crippen LogP contribution >= 0.6 is 33.2 Å². The van der Waals surface area contributed by atoms with E-state index in [0.29, 0.717) is 5.75 Å². The maximum atomic E-state index is 9.59. The van der Waals surface area contributed by atoms with Crippen molar-refractivity contribution in [2.75, 3.05) is 0 Å². The highest BCUT2D eigenvalue weighted by Crippen LogP contribution is 2.43. The summed E-state index contributed by atoms with van der Waals surface area (Å²) in [5, 5.41) is 10.3. The number of phenols is 1. The van der Waals surface area contributed by atoms with Gasteiger partial charge in [-0.3, -0.25) is 0 Å². The molecule has 2 aromatic carbocycles. The van der Waals surface area contributed by atoms with Crippen molar-refractivity contribution in [2.45, 2.75) is 9.79 Å². The Kier molecular flexibility index (Phi) is 4.04. The van der Waals surface area contributed by atoms with Crippen molar-refractivity contribution >= 4 is 33.2 Å². The average Bonchev–Trinajstić information content (AvgIpc) is 2.30. The van der Waals surface area contributed by atoms with Crippen molar-refractivity contribution in [1.29, 1.82) is 0 Å². The number of para-hydroxylation sites is 1. The van der Waals surface area contributed by atoms with Crippen LogP contribution in [-0.4, -0.2) is 5.11 Å². The summed E-state index contributed by atoms with van der Waals surface area (Å²) in [6.45, 7) is 0. The molecule has 1 nitrogen and oxygen atoms in total. The summed E-state index contributed by atoms with van der Waals surface area (Å²) in [5.74, 6) is 0.298. The number of hydrogen-bond donors (Lipinski definition) is 1. The van der Waals surface area contributed by atoms with Crippen LogP contribution in [0.5, 0.6) is 5.75 Å². The van der Waals surface area contributed by atoms with Gasteiger partial charge in [-0.1, -0.05) is 46.7 Å². The highest BCUT2D eigenvalue weighted by atomic mass is 35.5. The molecule has 0 unspecified atom stereocenters. The second-order valence-corrected chi connectivity index (χ2v) is 5.68. The van der Waals surface area contributed by atoms with Gasteiger partial charge in [0.25, 0.3) is 0 Å². The number of benzene rings is 2. The minimum absolute atomic E-state index is 0.298. The first kappa shape index (κ1) is 11.7. The fraction of sp³-hybridized carbons (Fsp3) is 0. The lowest BCUT2D eigenvalue weighted by Gasteiger charge is -2.04. The van der Waals surface area contributed by atoms with Crippen molar-refractivity contribution in [1.82, 2.24) is 0 Å². The lowest BCUT2D eigenvalue weighted by Crippen LogP contribution is -1.72. The standard InChI is InChI=1S/C12H9ClOS2/c13-9-5-1-3-7-11(9)15-16-12-8-4-2-6-10(12)14/h1-8,14H. The smallest absolute Gasteiger partial charge is 0.130 e. The van der Waals surface area contributed by atoms with E-state index in [1.807, 2.05) is 36.4 Å². The maximum Gasteiger partial charge on any atom is 0.130 e. The van der Waals surface area contributed by atoms with Crippen LogP contribution in [0.15, 0.2) is 58.3 Å². The third-order valence-electron chi connectivity index (χ3n) is 1.92. The molecule has 0 atom stereocenters. The molecule has 16 heavy (non-hydrogen) atoms. The normalized spacial score (nSPS) is 10.3. The summed E-state index contributed by atoms with van der Waals surface area (Å²) in [7, 11) is 3.04. The molecular weight excluding hydrogens is 260 g/mol. The van der Waals surface area contributed by atoms with Crippen molar-refractivity contribution in [2.24, 2.45) is 0 Å². The van der Waals surface area contributed by atoms with Crippen LogP contribution in [0.1, 0.15) is 0 Å². The fourth-order valence-corrected chi connectivity index (χ4v) is 3.66. The van der Waals surface area contributed by atoms with Gasteiger partial charge in [-0.25, -0.2) is 0 Å². The number of rotatable bonds is 3. The molecule has 0 aliphatic carbocycles. The van der Waals surface area contributed by atoms with Crippen molar-refractivity contribution in [3.8, 4) is 5.75 Å². The molecule has 0 aliphatic heterocycles. The van der Waals surface area contributed by atoms with Gasteiger partial charge in [0.05, 0.1) is 9.92 Å². The first-order valence-electron chi connectivity index (χ1n) is 4.64. The predicted octanol–water partition coefficient (Wildman–Crippen LogP) is 4.85. The molecular formula is C12H9ClOS2. The maximum absolute atomic E-state index is 9.59. The van der Waals surface area contributed by atoms with Crippen LogP contribution in [0, 0.1) is 0 Å². The first-order chi connectivity index (χ1) is 7.77. The van der Waals surface area contributed by atoms with E-state index in [2.05, 4.69) is 0 Å². The monoisotopic (exact) mass is 268 g/mol. The Balaban J connectivity index is 2.09. The molecule has 2 aromatic rings. The summed E-state index contributed by atoms with van der Waals surface area (Å²) in [6.07, 6.45) is 0.